The van der Waals surface area contributed by atoms with Crippen molar-refractivity contribution in [2.45, 2.75) is 31.8 Å². The van der Waals surface area contributed by atoms with E-state index in [9.17, 15) is 9.59 Å². The third-order valence-corrected chi connectivity index (χ3v) is 4.87. The number of rotatable bonds is 6. The number of ether oxygens (including phenoxy) is 1. The second-order valence-corrected chi connectivity index (χ2v) is 11.7. The fraction of sp³-hybridized carbons (Fsp3) is 0.238. The van der Waals surface area contributed by atoms with Gasteiger partial charge in [-0.25, -0.2) is 0 Å². The van der Waals surface area contributed by atoms with Crippen LogP contribution in [0.15, 0.2) is 66.7 Å². The van der Waals surface area contributed by atoms with E-state index >= 15 is 0 Å². The summed E-state index contributed by atoms with van der Waals surface area (Å²) in [7, 11) is -2.17. The molecule has 1 atom stereocenters. The minimum absolute atomic E-state index is 0.146. The topological polar surface area (TPSA) is 52.6 Å². The smallest absolute Gasteiger partial charge is 0.273 e. The molecule has 0 fully saturated rings. The van der Waals surface area contributed by atoms with Crippen molar-refractivity contribution in [3.05, 3.63) is 77.9 Å². The van der Waals surface area contributed by atoms with Crippen molar-refractivity contribution >= 4 is 25.6 Å². The Bertz CT molecular complexity index is 837. The van der Waals surface area contributed by atoms with E-state index in [1.54, 1.807) is 24.3 Å². The molecular formula is C21H22O4Si. The Hall–Kier alpha value is -2.50. The third kappa shape index (κ3) is 4.00. The zero-order chi connectivity index (χ0) is 18.8. The van der Waals surface area contributed by atoms with Crippen LogP contribution in [-0.4, -0.2) is 25.7 Å². The summed E-state index contributed by atoms with van der Waals surface area (Å²) in [5.41, 5.74) is 1.32. The quantitative estimate of drug-likeness (QED) is 0.560. The number of benzene rings is 2. The maximum Gasteiger partial charge on any atom is 0.273 e. The first-order chi connectivity index (χ1) is 12.3. The number of Topliss-reactive ketones (excluding diaryl/α,β-unsaturated/α-hetero) is 1. The Morgan fingerprint density at radius 2 is 1.58 bits per heavy atom. The van der Waals surface area contributed by atoms with Gasteiger partial charge in [-0.1, -0.05) is 60.7 Å². The summed E-state index contributed by atoms with van der Waals surface area (Å²) in [6.45, 7) is 5.91. The standard InChI is InChI=1S/C21H22O4Si/c1-26(2,3)25-21(15-18(22)16-10-6-4-7-11-16)20(23)14-19(24-21)17-12-8-5-9-13-17/h4-14H,15H2,1-3H3. The van der Waals surface area contributed by atoms with Crippen LogP contribution in [0.5, 0.6) is 0 Å². The number of ketones is 2. The Balaban J connectivity index is 1.91. The summed E-state index contributed by atoms with van der Waals surface area (Å²) in [6.07, 6.45) is 1.29. The highest BCUT2D eigenvalue weighted by atomic mass is 28.4. The summed E-state index contributed by atoms with van der Waals surface area (Å²) in [4.78, 5) is 25.6. The summed E-state index contributed by atoms with van der Waals surface area (Å²) in [5.74, 6) is -1.64. The predicted octanol–water partition coefficient (Wildman–Crippen LogP) is 4.45. The largest absolute Gasteiger partial charge is 0.454 e. The zero-order valence-electron chi connectivity index (χ0n) is 15.2. The van der Waals surface area contributed by atoms with E-state index in [-0.39, 0.29) is 18.0 Å². The zero-order valence-corrected chi connectivity index (χ0v) is 16.2. The maximum absolute atomic E-state index is 12.9. The molecule has 0 saturated heterocycles. The van der Waals surface area contributed by atoms with E-state index in [0.717, 1.165) is 5.56 Å². The van der Waals surface area contributed by atoms with Gasteiger partial charge in [-0.15, -0.1) is 0 Å². The molecule has 5 heteroatoms. The first-order valence-corrected chi connectivity index (χ1v) is 12.0. The van der Waals surface area contributed by atoms with E-state index in [1.165, 1.54) is 6.08 Å². The maximum atomic E-state index is 12.9. The van der Waals surface area contributed by atoms with Crippen molar-refractivity contribution in [2.75, 3.05) is 0 Å². The minimum Gasteiger partial charge on any atom is -0.454 e. The lowest BCUT2D eigenvalue weighted by Crippen LogP contribution is -2.49. The second-order valence-electron chi connectivity index (χ2n) is 7.27. The Morgan fingerprint density at radius 1 is 1.00 bits per heavy atom. The third-order valence-electron chi connectivity index (χ3n) is 3.93. The molecule has 4 nitrogen and oxygen atoms in total. The molecule has 1 aliphatic heterocycles. The first kappa shape index (κ1) is 18.3. The normalized spacial score (nSPS) is 19.8. The van der Waals surface area contributed by atoms with E-state index in [1.807, 2.05) is 56.0 Å². The van der Waals surface area contributed by atoms with Crippen LogP contribution in [-0.2, 0) is 14.0 Å². The van der Waals surface area contributed by atoms with Gasteiger partial charge in [-0.05, 0) is 19.6 Å². The van der Waals surface area contributed by atoms with E-state index in [0.29, 0.717) is 11.3 Å². The van der Waals surface area contributed by atoms with Crippen LogP contribution in [0.1, 0.15) is 22.3 Å². The van der Waals surface area contributed by atoms with Gasteiger partial charge >= 0.3 is 0 Å². The van der Waals surface area contributed by atoms with Crippen LogP contribution in [0.2, 0.25) is 19.6 Å². The van der Waals surface area contributed by atoms with Crippen LogP contribution in [0.4, 0.5) is 0 Å². The van der Waals surface area contributed by atoms with Crippen LogP contribution < -0.4 is 0 Å². The summed E-state index contributed by atoms with van der Waals surface area (Å²) >= 11 is 0. The molecule has 1 aliphatic rings. The Labute approximate surface area is 154 Å². The van der Waals surface area contributed by atoms with Gasteiger partial charge in [0.25, 0.3) is 5.79 Å². The molecule has 1 unspecified atom stereocenters. The molecule has 0 spiro atoms. The van der Waals surface area contributed by atoms with E-state index < -0.39 is 14.1 Å². The van der Waals surface area contributed by atoms with Crippen LogP contribution in [0.3, 0.4) is 0 Å². The molecule has 3 rings (SSSR count). The molecule has 2 aromatic carbocycles. The van der Waals surface area contributed by atoms with Crippen LogP contribution >= 0.6 is 0 Å². The molecule has 26 heavy (non-hydrogen) atoms. The number of carbonyl (C=O) groups excluding carboxylic acids is 2. The fourth-order valence-electron chi connectivity index (χ4n) is 2.89. The van der Waals surface area contributed by atoms with E-state index in [2.05, 4.69) is 0 Å². The fourth-order valence-corrected chi connectivity index (χ4v) is 4.10. The number of hydrogen-bond acceptors (Lipinski definition) is 4. The highest BCUT2D eigenvalue weighted by molar-refractivity contribution is 6.70. The predicted molar refractivity (Wildman–Crippen MR) is 103 cm³/mol. The molecular weight excluding hydrogens is 344 g/mol. The van der Waals surface area contributed by atoms with Crippen LogP contribution in [0.25, 0.3) is 5.76 Å². The Kier molecular flexibility index (Phi) is 4.94. The molecule has 0 aromatic heterocycles. The van der Waals surface area contributed by atoms with Gasteiger partial charge in [-0.3, -0.25) is 9.59 Å². The average molecular weight is 366 g/mol. The average Bonchev–Trinajstić information content (AvgIpc) is 2.91. The van der Waals surface area contributed by atoms with Crippen molar-refractivity contribution < 1.29 is 18.8 Å². The van der Waals surface area contributed by atoms with E-state index in [4.69, 9.17) is 9.16 Å². The monoisotopic (exact) mass is 366 g/mol. The van der Waals surface area contributed by atoms with Crippen molar-refractivity contribution in [2.24, 2.45) is 0 Å². The first-order valence-electron chi connectivity index (χ1n) is 8.58. The van der Waals surface area contributed by atoms with Crippen molar-refractivity contribution in [3.8, 4) is 0 Å². The van der Waals surface area contributed by atoms with Gasteiger partial charge in [0.05, 0.1) is 6.42 Å². The Morgan fingerprint density at radius 3 is 2.15 bits per heavy atom. The van der Waals surface area contributed by atoms with Gasteiger partial charge in [-0.2, -0.15) is 0 Å². The summed E-state index contributed by atoms with van der Waals surface area (Å²) < 4.78 is 12.2. The summed E-state index contributed by atoms with van der Waals surface area (Å²) in [5, 5.41) is 0. The van der Waals surface area contributed by atoms with Gasteiger partial charge in [0, 0.05) is 17.2 Å². The highest BCUT2D eigenvalue weighted by Gasteiger charge is 2.50. The van der Waals surface area contributed by atoms with Gasteiger partial charge in [0.15, 0.2) is 14.1 Å². The lowest BCUT2D eigenvalue weighted by Gasteiger charge is -2.34. The molecule has 0 saturated carbocycles. The van der Waals surface area contributed by atoms with Crippen molar-refractivity contribution in [1.82, 2.24) is 0 Å². The van der Waals surface area contributed by atoms with Gasteiger partial charge in [0.1, 0.15) is 5.76 Å². The van der Waals surface area contributed by atoms with Crippen LogP contribution in [0, 0.1) is 0 Å². The number of hydrogen-bond donors (Lipinski definition) is 0. The second kappa shape index (κ2) is 7.01. The van der Waals surface area contributed by atoms with Crippen molar-refractivity contribution in [1.29, 1.82) is 0 Å². The lowest BCUT2D eigenvalue weighted by molar-refractivity contribution is -0.161. The number of carbonyl (C=O) groups is 2. The molecule has 0 amide bonds. The SMILES string of the molecule is C[Si](C)(C)OC1(CC(=O)c2ccccc2)OC(c2ccccc2)=CC1=O. The minimum atomic E-state index is -2.17. The molecule has 0 bridgehead atoms. The van der Waals surface area contributed by atoms with Crippen molar-refractivity contribution in [3.63, 3.8) is 0 Å². The highest BCUT2D eigenvalue weighted by Crippen LogP contribution is 2.37. The molecule has 0 N–H and O–H groups in total. The molecule has 0 radical (unpaired) electrons. The molecule has 134 valence electrons. The van der Waals surface area contributed by atoms with Gasteiger partial charge in [0.2, 0.25) is 5.78 Å². The molecule has 0 aliphatic carbocycles. The summed E-state index contributed by atoms with van der Waals surface area (Å²) in [6, 6.07) is 18.3. The molecule has 1 heterocycles. The lowest BCUT2D eigenvalue weighted by atomic mass is 10.0. The van der Waals surface area contributed by atoms with Gasteiger partial charge < -0.3 is 9.16 Å². The molecule has 2 aromatic rings.